The third-order valence-corrected chi connectivity index (χ3v) is 5.19. The number of methoxy groups -OCH3 is 1. The van der Waals surface area contributed by atoms with Crippen molar-refractivity contribution in [3.05, 3.63) is 99.1 Å². The molecule has 0 radical (unpaired) electrons. The first-order valence-electron chi connectivity index (χ1n) is 8.85. The van der Waals surface area contributed by atoms with E-state index in [1.807, 2.05) is 48.5 Å². The monoisotopic (exact) mass is 466 g/mol. The highest BCUT2D eigenvalue weighted by molar-refractivity contribution is 9.10. The summed E-state index contributed by atoms with van der Waals surface area (Å²) in [7, 11) is 1.62. The topological polar surface area (TPSA) is 41.9 Å². The number of carbonyl (C=O) groups is 1. The average molecular weight is 468 g/mol. The summed E-state index contributed by atoms with van der Waals surface area (Å²) >= 11 is 9.49. The van der Waals surface area contributed by atoms with Gasteiger partial charge in [-0.2, -0.15) is 0 Å². The molecular formula is C23H16BrClN2O2. The van der Waals surface area contributed by atoms with Gasteiger partial charge in [-0.05, 0) is 72.3 Å². The fraction of sp³-hybridized carbons (Fsp3) is 0.0435. The summed E-state index contributed by atoms with van der Waals surface area (Å²) in [4.78, 5) is 19.5. The third-order valence-electron chi connectivity index (χ3n) is 4.45. The van der Waals surface area contributed by atoms with E-state index in [2.05, 4.69) is 20.9 Å². The number of halogens is 2. The maximum atomic E-state index is 13.3. The Hall–Kier alpha value is -2.89. The highest BCUT2D eigenvalue weighted by atomic mass is 79.9. The largest absolute Gasteiger partial charge is 0.497 e. The number of benzene rings is 3. The normalized spacial score (nSPS) is 15.0. The Labute approximate surface area is 182 Å². The van der Waals surface area contributed by atoms with Crippen molar-refractivity contribution in [2.75, 3.05) is 12.0 Å². The molecule has 1 heterocycles. The van der Waals surface area contributed by atoms with Crippen molar-refractivity contribution >= 4 is 51.0 Å². The number of ether oxygens (including phenoxy) is 1. The zero-order valence-corrected chi connectivity index (χ0v) is 17.8. The lowest BCUT2D eigenvalue weighted by molar-refractivity contribution is -0.113. The Morgan fingerprint density at radius 1 is 1.03 bits per heavy atom. The van der Waals surface area contributed by atoms with Gasteiger partial charge in [0, 0.05) is 15.1 Å². The molecule has 0 N–H and O–H groups in total. The predicted octanol–water partition coefficient (Wildman–Crippen LogP) is 5.95. The van der Waals surface area contributed by atoms with E-state index in [0.717, 1.165) is 21.3 Å². The fourth-order valence-electron chi connectivity index (χ4n) is 3.03. The summed E-state index contributed by atoms with van der Waals surface area (Å²) in [6.07, 6.45) is 1.78. The molecule has 0 fully saturated rings. The van der Waals surface area contributed by atoms with Crippen molar-refractivity contribution in [3.8, 4) is 5.75 Å². The van der Waals surface area contributed by atoms with Gasteiger partial charge in [-0.25, -0.2) is 4.99 Å². The van der Waals surface area contributed by atoms with Crippen LogP contribution >= 0.6 is 27.5 Å². The van der Waals surface area contributed by atoms with E-state index >= 15 is 0 Å². The van der Waals surface area contributed by atoms with Gasteiger partial charge < -0.3 is 4.74 Å². The van der Waals surface area contributed by atoms with Crippen molar-refractivity contribution in [2.45, 2.75) is 0 Å². The lowest BCUT2D eigenvalue weighted by atomic mass is 10.1. The zero-order valence-electron chi connectivity index (χ0n) is 15.5. The van der Waals surface area contributed by atoms with Gasteiger partial charge in [-0.15, -0.1) is 0 Å². The zero-order chi connectivity index (χ0) is 20.4. The van der Waals surface area contributed by atoms with Gasteiger partial charge in [-0.3, -0.25) is 9.69 Å². The molecule has 0 aliphatic carbocycles. The van der Waals surface area contributed by atoms with Crippen LogP contribution < -0.4 is 9.64 Å². The quantitative estimate of drug-likeness (QED) is 0.445. The second kappa shape index (κ2) is 8.23. The molecule has 1 aliphatic rings. The number of hydrogen-bond donors (Lipinski definition) is 0. The summed E-state index contributed by atoms with van der Waals surface area (Å²) < 4.78 is 6.17. The SMILES string of the molecule is COc1ccc(C2=N/C(=C/c3cccc(Br)c3)C(=O)N2c2ccc(Cl)cc2)cc1. The number of anilines is 1. The van der Waals surface area contributed by atoms with Crippen molar-refractivity contribution in [2.24, 2.45) is 4.99 Å². The number of rotatable bonds is 4. The van der Waals surface area contributed by atoms with Gasteiger partial charge in [0.15, 0.2) is 0 Å². The maximum Gasteiger partial charge on any atom is 0.282 e. The van der Waals surface area contributed by atoms with Crippen molar-refractivity contribution in [1.82, 2.24) is 0 Å². The van der Waals surface area contributed by atoms with Crippen LogP contribution in [0, 0.1) is 0 Å². The van der Waals surface area contributed by atoms with Gasteiger partial charge in [0.25, 0.3) is 5.91 Å². The molecule has 3 aromatic rings. The van der Waals surface area contributed by atoms with Crippen LogP contribution in [0.2, 0.25) is 5.02 Å². The highest BCUT2D eigenvalue weighted by Crippen LogP contribution is 2.29. The smallest absolute Gasteiger partial charge is 0.282 e. The second-order valence-corrected chi connectivity index (χ2v) is 7.72. The fourth-order valence-corrected chi connectivity index (χ4v) is 3.58. The lowest BCUT2D eigenvalue weighted by Crippen LogP contribution is -2.32. The molecule has 1 aliphatic heterocycles. The molecular weight excluding hydrogens is 452 g/mol. The van der Waals surface area contributed by atoms with Gasteiger partial charge >= 0.3 is 0 Å². The molecule has 4 nitrogen and oxygen atoms in total. The number of nitrogens with zero attached hydrogens (tertiary/aromatic N) is 2. The van der Waals surface area contributed by atoms with Crippen molar-refractivity contribution in [3.63, 3.8) is 0 Å². The van der Waals surface area contributed by atoms with E-state index in [4.69, 9.17) is 16.3 Å². The Morgan fingerprint density at radius 2 is 1.76 bits per heavy atom. The molecule has 144 valence electrons. The molecule has 0 saturated heterocycles. The first-order valence-corrected chi connectivity index (χ1v) is 10.0. The molecule has 4 rings (SSSR count). The maximum absolute atomic E-state index is 13.3. The summed E-state index contributed by atoms with van der Waals surface area (Å²) in [6, 6.07) is 22.3. The van der Waals surface area contributed by atoms with Crippen LogP contribution in [-0.2, 0) is 4.79 Å². The van der Waals surface area contributed by atoms with E-state index < -0.39 is 0 Å². The number of carbonyl (C=O) groups excluding carboxylic acids is 1. The average Bonchev–Trinajstić information content (AvgIpc) is 3.05. The Bertz CT molecular complexity index is 1120. The van der Waals surface area contributed by atoms with E-state index in [9.17, 15) is 4.79 Å². The number of hydrogen-bond acceptors (Lipinski definition) is 3. The molecule has 6 heteroatoms. The van der Waals surface area contributed by atoms with Crippen LogP contribution in [0.3, 0.4) is 0 Å². The second-order valence-electron chi connectivity index (χ2n) is 6.37. The van der Waals surface area contributed by atoms with Crippen LogP contribution in [0.4, 0.5) is 5.69 Å². The molecule has 0 saturated carbocycles. The molecule has 0 bridgehead atoms. The first kappa shape index (κ1) is 19.4. The number of amidine groups is 1. The van der Waals surface area contributed by atoms with E-state index in [1.54, 1.807) is 42.4 Å². The van der Waals surface area contributed by atoms with Crippen molar-refractivity contribution in [1.29, 1.82) is 0 Å². The molecule has 0 spiro atoms. The molecule has 0 unspecified atom stereocenters. The minimum absolute atomic E-state index is 0.196. The van der Waals surface area contributed by atoms with Crippen LogP contribution in [0.25, 0.3) is 6.08 Å². The van der Waals surface area contributed by atoms with Crippen molar-refractivity contribution < 1.29 is 9.53 Å². The van der Waals surface area contributed by atoms with E-state index in [0.29, 0.717) is 22.2 Å². The summed E-state index contributed by atoms with van der Waals surface area (Å²) in [5.41, 5.74) is 2.76. The lowest BCUT2D eigenvalue weighted by Gasteiger charge is -2.18. The van der Waals surface area contributed by atoms with Gasteiger partial charge in [0.2, 0.25) is 0 Å². The molecule has 29 heavy (non-hydrogen) atoms. The minimum Gasteiger partial charge on any atom is -0.497 e. The number of aliphatic imine (C=N–C) groups is 1. The molecule has 0 aromatic heterocycles. The Balaban J connectivity index is 1.81. The Morgan fingerprint density at radius 3 is 2.41 bits per heavy atom. The van der Waals surface area contributed by atoms with E-state index in [-0.39, 0.29) is 5.91 Å². The van der Waals surface area contributed by atoms with Crippen LogP contribution in [0.5, 0.6) is 5.75 Å². The van der Waals surface area contributed by atoms with Crippen LogP contribution in [0.15, 0.2) is 88.0 Å². The minimum atomic E-state index is -0.196. The predicted molar refractivity (Wildman–Crippen MR) is 121 cm³/mol. The summed E-state index contributed by atoms with van der Waals surface area (Å²) in [5, 5.41) is 0.605. The number of amides is 1. The first-order chi connectivity index (χ1) is 14.0. The highest BCUT2D eigenvalue weighted by Gasteiger charge is 2.32. The summed E-state index contributed by atoms with van der Waals surface area (Å²) in [5.74, 6) is 1.10. The molecule has 0 atom stereocenters. The Kier molecular flexibility index (Phi) is 5.51. The standard InChI is InChI=1S/C23H16BrClN2O2/c1-29-20-11-5-16(6-12-20)22-26-21(14-15-3-2-4-17(24)13-15)23(28)27(22)19-9-7-18(25)8-10-19/h2-14H,1H3/b21-14+. The van der Waals surface area contributed by atoms with Gasteiger partial charge in [0.1, 0.15) is 17.3 Å². The van der Waals surface area contributed by atoms with Crippen LogP contribution in [0.1, 0.15) is 11.1 Å². The van der Waals surface area contributed by atoms with Crippen LogP contribution in [-0.4, -0.2) is 18.9 Å². The summed E-state index contributed by atoms with van der Waals surface area (Å²) in [6.45, 7) is 0. The third kappa shape index (κ3) is 4.11. The molecule has 1 amide bonds. The van der Waals surface area contributed by atoms with Gasteiger partial charge in [0.05, 0.1) is 12.8 Å². The molecule has 3 aromatic carbocycles. The van der Waals surface area contributed by atoms with Gasteiger partial charge in [-0.1, -0.05) is 39.7 Å². The van der Waals surface area contributed by atoms with E-state index in [1.165, 1.54) is 0 Å².